The van der Waals surface area contributed by atoms with Crippen molar-refractivity contribution in [2.24, 2.45) is 0 Å². The van der Waals surface area contributed by atoms with Gasteiger partial charge in [0, 0.05) is 42.2 Å². The smallest absolute Gasteiger partial charge is 0.267 e. The van der Waals surface area contributed by atoms with Crippen molar-refractivity contribution in [2.75, 3.05) is 6.54 Å². The molecule has 0 radical (unpaired) electrons. The van der Waals surface area contributed by atoms with Crippen LogP contribution in [-0.4, -0.2) is 37.0 Å². The van der Waals surface area contributed by atoms with Gasteiger partial charge in [0.1, 0.15) is 11.9 Å². The topological polar surface area (TPSA) is 112 Å². The Balaban J connectivity index is 1.44. The summed E-state index contributed by atoms with van der Waals surface area (Å²) in [6.45, 7) is 1.80. The van der Waals surface area contributed by atoms with Gasteiger partial charge in [-0.2, -0.15) is 10.2 Å². The van der Waals surface area contributed by atoms with Crippen molar-refractivity contribution in [1.82, 2.24) is 29.9 Å². The second-order valence-corrected chi connectivity index (χ2v) is 7.49. The van der Waals surface area contributed by atoms with Crippen LogP contribution in [0.1, 0.15) is 13.0 Å². The highest BCUT2D eigenvalue weighted by molar-refractivity contribution is 5.79. The molecule has 0 saturated carbocycles. The molecular formula is C24H21FN6O3. The highest BCUT2D eigenvalue weighted by atomic mass is 19.1. The highest BCUT2D eigenvalue weighted by Gasteiger charge is 2.18. The fourth-order valence-electron chi connectivity index (χ4n) is 3.31. The first-order valence-electron chi connectivity index (χ1n) is 10.5. The van der Waals surface area contributed by atoms with Crippen molar-refractivity contribution in [3.8, 4) is 22.5 Å². The average molecular weight is 460 g/mol. The molecule has 0 aliphatic heterocycles. The van der Waals surface area contributed by atoms with Crippen LogP contribution in [0.25, 0.3) is 22.5 Å². The van der Waals surface area contributed by atoms with Crippen LogP contribution in [0.15, 0.2) is 82.6 Å². The van der Waals surface area contributed by atoms with Crippen LogP contribution in [0.3, 0.4) is 0 Å². The van der Waals surface area contributed by atoms with Gasteiger partial charge in [0.2, 0.25) is 5.91 Å². The van der Waals surface area contributed by atoms with E-state index in [-0.39, 0.29) is 24.5 Å². The Morgan fingerprint density at radius 3 is 2.21 bits per heavy atom. The molecule has 0 saturated heterocycles. The number of rotatable bonds is 7. The maximum absolute atomic E-state index is 13.2. The zero-order chi connectivity index (χ0) is 24.1. The zero-order valence-corrected chi connectivity index (χ0v) is 18.3. The van der Waals surface area contributed by atoms with Gasteiger partial charge in [0.15, 0.2) is 0 Å². The van der Waals surface area contributed by atoms with E-state index in [1.807, 2.05) is 0 Å². The number of halogens is 1. The number of nitrogens with zero attached hydrogens (tertiary/aromatic N) is 5. The lowest BCUT2D eigenvalue weighted by Crippen LogP contribution is -2.39. The van der Waals surface area contributed by atoms with E-state index in [4.69, 9.17) is 0 Å². The fraction of sp³-hybridized carbons (Fsp3) is 0.167. The predicted octanol–water partition coefficient (Wildman–Crippen LogP) is 2.05. The van der Waals surface area contributed by atoms with Crippen molar-refractivity contribution >= 4 is 5.91 Å². The minimum Gasteiger partial charge on any atom is -0.352 e. The van der Waals surface area contributed by atoms with Gasteiger partial charge in [-0.15, -0.1) is 0 Å². The standard InChI is InChI=1S/C24H21FN6O3/c1-16(31-23(33)9-7-21(29-31)18-10-12-26-13-11-18)24(34)27-14-15-30-22(32)8-6-20(28-30)17-2-4-19(25)5-3-17/h2-13,16H,14-15H2,1H3,(H,27,34). The first kappa shape index (κ1) is 22.7. The van der Waals surface area contributed by atoms with Crippen LogP contribution in [0.5, 0.6) is 0 Å². The number of carbonyl (C=O) groups is 1. The molecular weight excluding hydrogens is 439 g/mol. The van der Waals surface area contributed by atoms with Crippen molar-refractivity contribution in [1.29, 1.82) is 0 Å². The van der Waals surface area contributed by atoms with Gasteiger partial charge in [0.25, 0.3) is 11.1 Å². The lowest BCUT2D eigenvalue weighted by Gasteiger charge is -2.15. The fourth-order valence-corrected chi connectivity index (χ4v) is 3.31. The molecule has 1 amide bonds. The quantitative estimate of drug-likeness (QED) is 0.452. The van der Waals surface area contributed by atoms with E-state index >= 15 is 0 Å². The van der Waals surface area contributed by atoms with E-state index < -0.39 is 17.5 Å². The molecule has 0 spiro atoms. The second-order valence-electron chi connectivity index (χ2n) is 7.49. The van der Waals surface area contributed by atoms with Gasteiger partial charge in [-0.3, -0.25) is 19.4 Å². The van der Waals surface area contributed by atoms with Gasteiger partial charge in [-0.05, 0) is 55.5 Å². The number of hydrogen-bond donors (Lipinski definition) is 1. The summed E-state index contributed by atoms with van der Waals surface area (Å²) in [6.07, 6.45) is 3.23. The summed E-state index contributed by atoms with van der Waals surface area (Å²) in [5, 5.41) is 11.3. The van der Waals surface area contributed by atoms with Crippen LogP contribution in [0.4, 0.5) is 4.39 Å². The van der Waals surface area contributed by atoms with Crippen LogP contribution in [0.2, 0.25) is 0 Å². The SMILES string of the molecule is CC(C(=O)NCCn1nc(-c2ccc(F)cc2)ccc1=O)n1nc(-c2ccncc2)ccc1=O. The first-order valence-corrected chi connectivity index (χ1v) is 10.5. The number of nitrogens with one attached hydrogen (secondary N) is 1. The maximum atomic E-state index is 13.2. The molecule has 4 rings (SSSR count). The van der Waals surface area contributed by atoms with E-state index in [9.17, 15) is 18.8 Å². The molecule has 1 unspecified atom stereocenters. The molecule has 3 aromatic heterocycles. The van der Waals surface area contributed by atoms with Gasteiger partial charge >= 0.3 is 0 Å². The Hall–Kier alpha value is -4.47. The monoisotopic (exact) mass is 460 g/mol. The Kier molecular flexibility index (Phi) is 6.67. The molecule has 9 nitrogen and oxygen atoms in total. The number of aromatic nitrogens is 5. The van der Waals surface area contributed by atoms with Crippen molar-refractivity contribution in [2.45, 2.75) is 19.5 Å². The van der Waals surface area contributed by atoms with Crippen molar-refractivity contribution in [3.63, 3.8) is 0 Å². The molecule has 0 aliphatic carbocycles. The van der Waals surface area contributed by atoms with Crippen LogP contribution in [-0.2, 0) is 11.3 Å². The van der Waals surface area contributed by atoms with Crippen molar-refractivity contribution in [3.05, 3.63) is 99.6 Å². The number of carbonyl (C=O) groups excluding carboxylic acids is 1. The Morgan fingerprint density at radius 1 is 0.882 bits per heavy atom. The summed E-state index contributed by atoms with van der Waals surface area (Å²) in [5.74, 6) is -0.793. The van der Waals surface area contributed by atoms with Crippen LogP contribution in [0, 0.1) is 5.82 Å². The third kappa shape index (κ3) is 5.12. The molecule has 3 heterocycles. The molecule has 4 aromatic rings. The van der Waals surface area contributed by atoms with Gasteiger partial charge < -0.3 is 5.32 Å². The Morgan fingerprint density at radius 2 is 1.50 bits per heavy atom. The Labute approximate surface area is 193 Å². The maximum Gasteiger partial charge on any atom is 0.267 e. The molecule has 34 heavy (non-hydrogen) atoms. The largest absolute Gasteiger partial charge is 0.352 e. The predicted molar refractivity (Wildman–Crippen MR) is 123 cm³/mol. The summed E-state index contributed by atoms with van der Waals surface area (Å²) in [6, 6.07) is 14.3. The van der Waals surface area contributed by atoms with E-state index in [1.54, 1.807) is 55.7 Å². The number of benzene rings is 1. The van der Waals surface area contributed by atoms with Crippen LogP contribution < -0.4 is 16.4 Å². The van der Waals surface area contributed by atoms with E-state index in [2.05, 4.69) is 20.5 Å². The number of amides is 1. The number of hydrogen-bond acceptors (Lipinski definition) is 6. The van der Waals surface area contributed by atoms with E-state index in [0.29, 0.717) is 17.0 Å². The van der Waals surface area contributed by atoms with Gasteiger partial charge in [-0.1, -0.05) is 0 Å². The molecule has 172 valence electrons. The average Bonchev–Trinajstić information content (AvgIpc) is 2.86. The molecule has 1 atom stereocenters. The van der Waals surface area contributed by atoms with Crippen molar-refractivity contribution < 1.29 is 9.18 Å². The summed E-state index contributed by atoms with van der Waals surface area (Å²) in [7, 11) is 0. The molecule has 0 aliphatic rings. The van der Waals surface area contributed by atoms with Gasteiger partial charge in [-0.25, -0.2) is 13.8 Å². The number of pyridine rings is 1. The molecule has 0 bridgehead atoms. The lowest BCUT2D eigenvalue weighted by molar-refractivity contribution is -0.124. The zero-order valence-electron chi connectivity index (χ0n) is 18.3. The minimum absolute atomic E-state index is 0.113. The molecule has 0 fully saturated rings. The summed E-state index contributed by atoms with van der Waals surface area (Å²) in [5.41, 5.74) is 1.72. The third-order valence-corrected chi connectivity index (χ3v) is 5.18. The summed E-state index contributed by atoms with van der Waals surface area (Å²) in [4.78, 5) is 41.1. The molecule has 1 aromatic carbocycles. The molecule has 1 N–H and O–H groups in total. The van der Waals surface area contributed by atoms with Crippen LogP contribution >= 0.6 is 0 Å². The van der Waals surface area contributed by atoms with E-state index in [1.165, 1.54) is 28.9 Å². The lowest BCUT2D eigenvalue weighted by atomic mass is 10.1. The molecule has 10 heteroatoms. The summed E-state index contributed by atoms with van der Waals surface area (Å²) >= 11 is 0. The normalized spacial score (nSPS) is 11.7. The second kappa shape index (κ2) is 9.99. The third-order valence-electron chi connectivity index (χ3n) is 5.18. The van der Waals surface area contributed by atoms with Gasteiger partial charge in [0.05, 0.1) is 17.9 Å². The van der Waals surface area contributed by atoms with E-state index in [0.717, 1.165) is 10.2 Å². The highest BCUT2D eigenvalue weighted by Crippen LogP contribution is 2.16. The summed E-state index contributed by atoms with van der Waals surface area (Å²) < 4.78 is 15.5. The Bertz CT molecular complexity index is 1420. The minimum atomic E-state index is -0.871. The first-order chi connectivity index (χ1) is 16.4.